The Hall–Kier alpha value is -3.33. The van der Waals surface area contributed by atoms with Crippen LogP contribution in [0, 0.1) is 10.1 Å². The van der Waals surface area contributed by atoms with E-state index in [2.05, 4.69) is 10.5 Å². The molecule has 0 aliphatic carbocycles. The number of hydrogen-bond acceptors (Lipinski definition) is 7. The Labute approximate surface area is 145 Å². The number of hydrogen-bond donors (Lipinski definition) is 1. The summed E-state index contributed by atoms with van der Waals surface area (Å²) in [6.45, 7) is 0.0817. The summed E-state index contributed by atoms with van der Waals surface area (Å²) in [5.74, 6) is -0.444. The zero-order valence-corrected chi connectivity index (χ0v) is 13.1. The van der Waals surface area contributed by atoms with Gasteiger partial charge in [0.05, 0.1) is 11.1 Å². The quantitative estimate of drug-likeness (QED) is 0.502. The fourth-order valence-corrected chi connectivity index (χ4v) is 2.31. The van der Waals surface area contributed by atoms with Crippen LogP contribution in [0.15, 0.2) is 35.4 Å². The van der Waals surface area contributed by atoms with E-state index in [0.717, 1.165) is 12.3 Å². The van der Waals surface area contributed by atoms with E-state index >= 15 is 0 Å². The molecule has 0 radical (unpaired) electrons. The molecule has 0 aromatic heterocycles. The molecular weight excluding hydrogens is 354 g/mol. The summed E-state index contributed by atoms with van der Waals surface area (Å²) in [7, 11) is 0. The molecule has 128 valence electrons. The monoisotopic (exact) mass is 362 g/mol. The summed E-state index contributed by atoms with van der Waals surface area (Å²) in [6.07, 6.45) is 0.992. The molecule has 2 aromatic rings. The minimum atomic E-state index is -0.851. The van der Waals surface area contributed by atoms with E-state index in [1.54, 1.807) is 6.07 Å². The number of benzene rings is 2. The highest BCUT2D eigenvalue weighted by molar-refractivity contribution is 6.31. The van der Waals surface area contributed by atoms with Crippen molar-refractivity contribution in [3.05, 3.63) is 56.6 Å². The second-order valence-corrected chi connectivity index (χ2v) is 5.30. The molecule has 0 bridgehead atoms. The lowest BCUT2D eigenvalue weighted by Gasteiger charge is -2.10. The zero-order chi connectivity index (χ0) is 18.0. The van der Waals surface area contributed by atoms with Gasteiger partial charge in [-0.25, -0.2) is 5.43 Å². The summed E-state index contributed by atoms with van der Waals surface area (Å²) in [5, 5.41) is 26.3. The van der Waals surface area contributed by atoms with E-state index < -0.39 is 22.3 Å². The van der Waals surface area contributed by atoms with Gasteiger partial charge in [0.25, 0.3) is 11.6 Å². The maximum atomic E-state index is 12.0. The largest absolute Gasteiger partial charge is 0.867 e. The van der Waals surface area contributed by atoms with Crippen molar-refractivity contribution in [1.29, 1.82) is 0 Å². The van der Waals surface area contributed by atoms with E-state index in [9.17, 15) is 20.0 Å². The molecular formula is C15H9ClN3O6-. The molecule has 1 heterocycles. The predicted octanol–water partition coefficient (Wildman–Crippen LogP) is 1.81. The lowest BCUT2D eigenvalue weighted by Crippen LogP contribution is -2.17. The van der Waals surface area contributed by atoms with Crippen LogP contribution < -0.4 is 20.0 Å². The molecule has 0 saturated heterocycles. The fraction of sp³-hybridized carbons (Fsp3) is 0.0667. The number of carbonyl (C=O) groups excluding carboxylic acids is 1. The number of carbonyl (C=O) groups is 1. The third-order valence-electron chi connectivity index (χ3n) is 3.26. The van der Waals surface area contributed by atoms with Crippen molar-refractivity contribution in [2.24, 2.45) is 5.10 Å². The number of nitro benzene ring substituents is 1. The molecule has 0 atom stereocenters. The van der Waals surface area contributed by atoms with Crippen molar-refractivity contribution in [2.45, 2.75) is 0 Å². The Morgan fingerprint density at radius 3 is 2.80 bits per heavy atom. The highest BCUT2D eigenvalue weighted by atomic mass is 35.5. The van der Waals surface area contributed by atoms with Gasteiger partial charge in [0.2, 0.25) is 6.79 Å². The van der Waals surface area contributed by atoms with E-state index in [-0.39, 0.29) is 22.9 Å². The van der Waals surface area contributed by atoms with Gasteiger partial charge < -0.3 is 14.6 Å². The second-order valence-electron chi connectivity index (χ2n) is 4.87. The average Bonchev–Trinajstić information content (AvgIpc) is 3.04. The molecule has 1 amide bonds. The van der Waals surface area contributed by atoms with Crippen LogP contribution in [-0.4, -0.2) is 23.8 Å². The molecule has 9 nitrogen and oxygen atoms in total. The van der Waals surface area contributed by atoms with Crippen LogP contribution in [0.1, 0.15) is 15.9 Å². The molecule has 10 heteroatoms. The minimum Gasteiger partial charge on any atom is -0.867 e. The fourth-order valence-electron chi connectivity index (χ4n) is 2.09. The molecule has 1 aliphatic rings. The van der Waals surface area contributed by atoms with Crippen LogP contribution >= 0.6 is 11.6 Å². The number of hydrazone groups is 1. The Morgan fingerprint density at radius 2 is 2.04 bits per heavy atom. The molecule has 25 heavy (non-hydrogen) atoms. The number of nitro groups is 1. The summed E-state index contributed by atoms with van der Waals surface area (Å²) >= 11 is 5.74. The van der Waals surface area contributed by atoms with E-state index in [1.165, 1.54) is 18.2 Å². The SMILES string of the molecule is O=C(N/N=C\c1cc(Cl)cc([N+](=O)[O-])c1[O-])c1ccc2c(c1)OCO2. The van der Waals surface area contributed by atoms with E-state index in [0.29, 0.717) is 11.5 Å². The van der Waals surface area contributed by atoms with Gasteiger partial charge >= 0.3 is 0 Å². The number of nitrogens with one attached hydrogen (secondary N) is 1. The van der Waals surface area contributed by atoms with Crippen LogP contribution in [0.25, 0.3) is 0 Å². The van der Waals surface area contributed by atoms with Gasteiger partial charge in [0.1, 0.15) is 0 Å². The summed E-state index contributed by atoms with van der Waals surface area (Å²) in [6, 6.07) is 6.74. The van der Waals surface area contributed by atoms with E-state index in [1.807, 2.05) is 0 Å². The Kier molecular flexibility index (Phi) is 4.40. The Bertz CT molecular complexity index is 899. The van der Waals surface area contributed by atoms with Crippen molar-refractivity contribution >= 4 is 29.4 Å². The number of amides is 1. The summed E-state index contributed by atoms with van der Waals surface area (Å²) < 4.78 is 10.3. The Morgan fingerprint density at radius 1 is 1.28 bits per heavy atom. The van der Waals surface area contributed by atoms with Crippen LogP contribution in [0.3, 0.4) is 0 Å². The number of halogens is 1. The zero-order valence-electron chi connectivity index (χ0n) is 12.4. The predicted molar refractivity (Wildman–Crippen MR) is 85.2 cm³/mol. The van der Waals surface area contributed by atoms with Crippen molar-refractivity contribution in [1.82, 2.24) is 5.43 Å². The van der Waals surface area contributed by atoms with Crippen molar-refractivity contribution in [3.8, 4) is 17.2 Å². The second kappa shape index (κ2) is 6.65. The highest BCUT2D eigenvalue weighted by Crippen LogP contribution is 2.32. The molecule has 1 aliphatic heterocycles. The first-order valence-electron chi connectivity index (χ1n) is 6.83. The average molecular weight is 363 g/mol. The van der Waals surface area contributed by atoms with Gasteiger partial charge in [0.15, 0.2) is 11.5 Å². The third kappa shape index (κ3) is 3.45. The lowest BCUT2D eigenvalue weighted by molar-refractivity contribution is -0.398. The van der Waals surface area contributed by atoms with Gasteiger partial charge in [-0.15, -0.1) is 0 Å². The maximum absolute atomic E-state index is 12.0. The number of nitrogens with zero attached hydrogens (tertiary/aromatic N) is 2. The van der Waals surface area contributed by atoms with Crippen LogP contribution in [0.5, 0.6) is 17.2 Å². The standard InChI is InChI=1S/C15H10ClN3O6/c16-10-3-9(14(20)11(5-10)19(22)23)6-17-18-15(21)8-1-2-12-13(4-8)25-7-24-12/h1-6,20H,7H2,(H,18,21)/p-1/b17-6-. The van der Waals surface area contributed by atoms with Crippen molar-refractivity contribution < 1.29 is 24.3 Å². The van der Waals surface area contributed by atoms with Gasteiger partial charge in [-0.3, -0.25) is 14.9 Å². The summed E-state index contributed by atoms with van der Waals surface area (Å²) in [4.78, 5) is 22.0. The number of ether oxygens (including phenoxy) is 2. The van der Waals surface area contributed by atoms with Crippen LogP contribution in [0.4, 0.5) is 5.69 Å². The van der Waals surface area contributed by atoms with Crippen molar-refractivity contribution in [3.63, 3.8) is 0 Å². The smallest absolute Gasteiger partial charge is 0.271 e. The first-order valence-corrected chi connectivity index (χ1v) is 7.21. The molecule has 0 fully saturated rings. The van der Waals surface area contributed by atoms with Gasteiger partial charge in [-0.2, -0.15) is 5.10 Å². The molecule has 2 aromatic carbocycles. The molecule has 1 N–H and O–H groups in total. The Balaban J connectivity index is 1.75. The van der Waals surface area contributed by atoms with Crippen molar-refractivity contribution in [2.75, 3.05) is 6.79 Å². The van der Waals surface area contributed by atoms with Gasteiger partial charge in [0, 0.05) is 16.7 Å². The maximum Gasteiger partial charge on any atom is 0.271 e. The number of rotatable bonds is 4. The third-order valence-corrected chi connectivity index (χ3v) is 3.48. The molecule has 0 spiro atoms. The van der Waals surface area contributed by atoms with Crippen LogP contribution in [0.2, 0.25) is 5.02 Å². The number of fused-ring (bicyclic) bond motifs is 1. The molecule has 0 unspecified atom stereocenters. The van der Waals surface area contributed by atoms with Gasteiger partial charge in [-0.1, -0.05) is 11.6 Å². The summed E-state index contributed by atoms with van der Waals surface area (Å²) in [5.41, 5.74) is 1.69. The topological polar surface area (TPSA) is 126 Å². The van der Waals surface area contributed by atoms with Gasteiger partial charge in [-0.05, 0) is 35.6 Å². The first-order chi connectivity index (χ1) is 12.0. The molecule has 0 saturated carbocycles. The van der Waals surface area contributed by atoms with Crippen LogP contribution in [-0.2, 0) is 0 Å². The van der Waals surface area contributed by atoms with E-state index in [4.69, 9.17) is 21.1 Å². The lowest BCUT2D eigenvalue weighted by atomic mass is 10.2. The normalized spacial score (nSPS) is 12.4. The highest BCUT2D eigenvalue weighted by Gasteiger charge is 2.16. The molecule has 3 rings (SSSR count). The first kappa shape index (κ1) is 16.5. The minimum absolute atomic E-state index is 0.00912.